The minimum Gasteiger partial charge on any atom is -0.480 e. The number of carbonyl (C=O) groups is 4. The number of carbonyl (C=O) groups excluding carboxylic acids is 2. The highest BCUT2D eigenvalue weighted by Gasteiger charge is 2.42. The summed E-state index contributed by atoms with van der Waals surface area (Å²) in [5.74, 6) is -1.71. The van der Waals surface area contributed by atoms with Crippen LogP contribution in [0.2, 0.25) is 0 Å². The monoisotopic (exact) mass is 723 g/mol. The van der Waals surface area contributed by atoms with Crippen LogP contribution in [0.1, 0.15) is 78.1 Å². The molecule has 2 amide bonds. The van der Waals surface area contributed by atoms with Crippen LogP contribution in [-0.4, -0.2) is 88.2 Å². The highest BCUT2D eigenvalue weighted by molar-refractivity contribution is 8.26. The van der Waals surface area contributed by atoms with Crippen molar-refractivity contribution in [3.05, 3.63) is 32.6 Å². The predicted octanol–water partition coefficient (Wildman–Crippen LogP) is 6.46. The van der Waals surface area contributed by atoms with Crippen LogP contribution in [0.3, 0.4) is 0 Å². The molecule has 5 atom stereocenters. The summed E-state index contributed by atoms with van der Waals surface area (Å²) in [6.45, 7) is 4.74. The van der Waals surface area contributed by atoms with Crippen molar-refractivity contribution in [1.29, 1.82) is 0 Å². The molecule has 0 radical (unpaired) electrons. The maximum Gasteiger partial charge on any atom is 0.323 e. The molecule has 9 nitrogen and oxygen atoms in total. The van der Waals surface area contributed by atoms with E-state index < -0.39 is 25.0 Å². The predicted molar refractivity (Wildman–Crippen MR) is 192 cm³/mol. The van der Waals surface area contributed by atoms with Gasteiger partial charge in [0.2, 0.25) is 5.91 Å². The third kappa shape index (κ3) is 8.04. The molecule has 46 heavy (non-hydrogen) atoms. The number of thiocarbonyl (C=S) groups is 2. The lowest BCUT2D eigenvalue weighted by Gasteiger charge is -2.47. The van der Waals surface area contributed by atoms with Gasteiger partial charge in [0.05, 0.1) is 16.2 Å². The first-order chi connectivity index (χ1) is 22.0. The Morgan fingerprint density at radius 1 is 1.04 bits per heavy atom. The summed E-state index contributed by atoms with van der Waals surface area (Å²) < 4.78 is 0.634. The molecule has 250 valence electrons. The zero-order valence-corrected chi connectivity index (χ0v) is 30.2. The van der Waals surface area contributed by atoms with Gasteiger partial charge in [-0.1, -0.05) is 105 Å². The van der Waals surface area contributed by atoms with Gasteiger partial charge in [0.25, 0.3) is 5.91 Å². The summed E-state index contributed by atoms with van der Waals surface area (Å²) in [6, 6.07) is 0.316. The third-order valence-corrected chi connectivity index (χ3v) is 13.7. The highest BCUT2D eigenvalue weighted by Crippen LogP contribution is 2.52. The van der Waals surface area contributed by atoms with E-state index in [1.807, 2.05) is 17.8 Å². The van der Waals surface area contributed by atoms with Crippen molar-refractivity contribution in [3.8, 4) is 0 Å². The van der Waals surface area contributed by atoms with E-state index in [1.165, 1.54) is 68.1 Å². The number of amides is 2. The molecule has 5 rings (SSSR count). The van der Waals surface area contributed by atoms with Crippen LogP contribution in [0.5, 0.6) is 0 Å². The fourth-order valence-corrected chi connectivity index (χ4v) is 11.4. The Balaban J connectivity index is 1.36. The normalized spacial score (nSPS) is 28.2. The van der Waals surface area contributed by atoms with Crippen LogP contribution in [0, 0.1) is 17.8 Å². The molecule has 2 fully saturated rings. The smallest absolute Gasteiger partial charge is 0.323 e. The molecule has 0 aromatic rings. The van der Waals surface area contributed by atoms with Crippen molar-refractivity contribution in [2.75, 3.05) is 19.6 Å². The Morgan fingerprint density at radius 2 is 1.78 bits per heavy atom. The van der Waals surface area contributed by atoms with E-state index in [0.29, 0.717) is 27.6 Å². The second-order valence-electron chi connectivity index (χ2n) is 12.6. The molecule has 0 aromatic carbocycles. The lowest BCUT2D eigenvalue weighted by Crippen LogP contribution is -2.44. The number of rotatable bonds is 13. The lowest BCUT2D eigenvalue weighted by atomic mass is 9.85. The molecular weight excluding hydrogens is 683 g/mol. The number of fused-ring (bicyclic) bond motifs is 1. The maximum atomic E-state index is 13.0. The van der Waals surface area contributed by atoms with Gasteiger partial charge in [0.15, 0.2) is 0 Å². The molecule has 2 N–H and O–H groups in total. The van der Waals surface area contributed by atoms with E-state index in [2.05, 4.69) is 24.8 Å². The van der Waals surface area contributed by atoms with Crippen molar-refractivity contribution >= 4 is 92.1 Å². The fraction of sp³-hybridized carbons (Fsp3) is 0.625. The van der Waals surface area contributed by atoms with E-state index >= 15 is 0 Å². The average Bonchev–Trinajstić information content (AvgIpc) is 3.41. The first-order valence-electron chi connectivity index (χ1n) is 16.1. The zero-order valence-electron chi connectivity index (χ0n) is 26.1. The first kappa shape index (κ1) is 35.4. The van der Waals surface area contributed by atoms with Crippen LogP contribution in [-0.2, 0) is 19.2 Å². The van der Waals surface area contributed by atoms with Crippen LogP contribution in [0.15, 0.2) is 32.6 Å². The summed E-state index contributed by atoms with van der Waals surface area (Å²) in [7, 11) is 0. The second-order valence-corrected chi connectivity index (χ2v) is 17.3. The van der Waals surface area contributed by atoms with Crippen molar-refractivity contribution in [3.63, 3.8) is 0 Å². The Kier molecular flexibility index (Phi) is 12.0. The van der Waals surface area contributed by atoms with Gasteiger partial charge in [0.1, 0.15) is 21.7 Å². The number of carboxylic acids is 2. The van der Waals surface area contributed by atoms with Gasteiger partial charge < -0.3 is 15.1 Å². The molecule has 14 heteroatoms. The lowest BCUT2D eigenvalue weighted by molar-refractivity contribution is -0.141. The standard InChI is InChI=1S/C32H41N3O6S5/c1-3-5-6-18(4-2)15-33-21-9-7-19(13-25-29(40)34(16-27(36)37)31(42)45-25)11-23(21)44-24-12-20(8-10-22(24)33)14-26-30(41)35(17-28(38)39)32(43)46-26/h11,14,18-21,25H,3-10,12-13,15-17H2,1-2H3,(H,36,37)(H,38,39)/b26-14-. The number of hydrogen-bond donors (Lipinski definition) is 2. The number of thioether (sulfide) groups is 3. The fourth-order valence-electron chi connectivity index (χ4n) is 6.97. The molecule has 0 aromatic heterocycles. The molecule has 0 spiro atoms. The Labute approximate surface area is 294 Å². The van der Waals surface area contributed by atoms with Crippen molar-refractivity contribution in [2.45, 2.75) is 89.3 Å². The largest absolute Gasteiger partial charge is 0.480 e. The van der Waals surface area contributed by atoms with Gasteiger partial charge in [-0.25, -0.2) is 0 Å². The van der Waals surface area contributed by atoms with Gasteiger partial charge in [-0.2, -0.15) is 0 Å². The highest BCUT2D eigenvalue weighted by atomic mass is 32.2. The van der Waals surface area contributed by atoms with Gasteiger partial charge in [0, 0.05) is 22.1 Å². The molecule has 3 heterocycles. The van der Waals surface area contributed by atoms with E-state index in [4.69, 9.17) is 24.4 Å². The Morgan fingerprint density at radius 3 is 2.48 bits per heavy atom. The van der Waals surface area contributed by atoms with E-state index in [9.17, 15) is 29.4 Å². The van der Waals surface area contributed by atoms with Gasteiger partial charge in [-0.15, -0.1) is 0 Å². The first-order valence-corrected chi connectivity index (χ1v) is 19.4. The van der Waals surface area contributed by atoms with Crippen molar-refractivity contribution < 1.29 is 29.4 Å². The Bertz CT molecular complexity index is 1400. The molecule has 3 aliphatic heterocycles. The van der Waals surface area contributed by atoms with Gasteiger partial charge in [-0.05, 0) is 62.7 Å². The number of nitrogens with zero attached hydrogens (tertiary/aromatic N) is 3. The summed E-state index contributed by atoms with van der Waals surface area (Å²) in [5.41, 5.74) is 1.43. The SMILES string of the molecule is CCCCC(CC)CN1C2=C(CC(/C=C3\SC(=S)N(CC(=O)O)C3=O)CC2)SC2=CC(CC3SC(=S)N(CC(=O)O)C3=O)CCC21. The second kappa shape index (κ2) is 15.6. The van der Waals surface area contributed by atoms with Crippen LogP contribution >= 0.6 is 59.7 Å². The number of aliphatic carboxylic acids is 2. The summed E-state index contributed by atoms with van der Waals surface area (Å²) in [5, 5.41) is 18.1. The number of carboxylic acid groups (broad SMARTS) is 2. The number of unbranched alkanes of at least 4 members (excludes halogenated alkanes) is 1. The zero-order chi connectivity index (χ0) is 33.1. The maximum absolute atomic E-state index is 13.0. The van der Waals surface area contributed by atoms with E-state index in [-0.39, 0.29) is 33.2 Å². The molecule has 2 saturated heterocycles. The quantitative estimate of drug-likeness (QED) is 0.161. The minimum atomic E-state index is -1.09. The Hall–Kier alpha value is -1.87. The minimum absolute atomic E-state index is 0.152. The molecule has 0 saturated carbocycles. The molecule has 0 bridgehead atoms. The van der Waals surface area contributed by atoms with E-state index in [0.717, 1.165) is 45.1 Å². The van der Waals surface area contributed by atoms with Gasteiger partial charge in [-0.3, -0.25) is 29.0 Å². The molecule has 5 aliphatic rings. The summed E-state index contributed by atoms with van der Waals surface area (Å²) in [4.78, 5) is 56.8. The molecular formula is C32H41N3O6S5. The van der Waals surface area contributed by atoms with Gasteiger partial charge >= 0.3 is 11.9 Å². The van der Waals surface area contributed by atoms with Crippen molar-refractivity contribution in [2.24, 2.45) is 17.8 Å². The summed E-state index contributed by atoms with van der Waals surface area (Å²) >= 11 is 15.0. The summed E-state index contributed by atoms with van der Waals surface area (Å²) in [6.07, 6.45) is 14.4. The van der Waals surface area contributed by atoms with Crippen LogP contribution < -0.4 is 0 Å². The van der Waals surface area contributed by atoms with Crippen LogP contribution in [0.25, 0.3) is 0 Å². The third-order valence-electron chi connectivity index (χ3n) is 9.39. The number of allylic oxidation sites excluding steroid dienone is 4. The average molecular weight is 724 g/mol. The van der Waals surface area contributed by atoms with Crippen molar-refractivity contribution in [1.82, 2.24) is 14.7 Å². The van der Waals surface area contributed by atoms with Crippen LogP contribution in [0.4, 0.5) is 0 Å². The van der Waals surface area contributed by atoms with E-state index in [1.54, 1.807) is 0 Å². The molecule has 2 aliphatic carbocycles. The number of hydrogen-bond acceptors (Lipinski definition) is 10. The topological polar surface area (TPSA) is 118 Å². The molecule has 5 unspecified atom stereocenters.